The van der Waals surface area contributed by atoms with Gasteiger partial charge in [-0.3, -0.25) is 0 Å². The first kappa shape index (κ1) is 15.3. The van der Waals surface area contributed by atoms with Gasteiger partial charge >= 0.3 is 5.97 Å². The van der Waals surface area contributed by atoms with Gasteiger partial charge in [-0.1, -0.05) is 6.07 Å². The summed E-state index contributed by atoms with van der Waals surface area (Å²) in [6.07, 6.45) is 5.24. The summed E-state index contributed by atoms with van der Waals surface area (Å²) in [6, 6.07) is 12.6. The van der Waals surface area contributed by atoms with Crippen LogP contribution in [0.1, 0.15) is 64.6 Å². The maximum absolute atomic E-state index is 11.2. The van der Waals surface area contributed by atoms with E-state index in [1.807, 2.05) is 19.1 Å². The van der Waals surface area contributed by atoms with E-state index in [9.17, 15) is 9.90 Å². The van der Waals surface area contributed by atoms with Crippen LogP contribution in [0.25, 0.3) is 0 Å². The van der Waals surface area contributed by atoms with Crippen LogP contribution in [0.15, 0.2) is 36.4 Å². The molecular formula is C21H23NO2. The summed E-state index contributed by atoms with van der Waals surface area (Å²) in [5.41, 5.74) is 6.36. The number of benzene rings is 2. The van der Waals surface area contributed by atoms with Gasteiger partial charge in [-0.2, -0.15) is 0 Å². The van der Waals surface area contributed by atoms with Crippen molar-refractivity contribution in [3.63, 3.8) is 0 Å². The number of hydrogen-bond acceptors (Lipinski definition) is 2. The number of aromatic carboxylic acids is 1. The Balaban J connectivity index is 1.69. The average Bonchev–Trinajstić information content (AvgIpc) is 3.46. The molecule has 4 rings (SSSR count). The fourth-order valence-corrected chi connectivity index (χ4v) is 3.40. The van der Waals surface area contributed by atoms with Gasteiger partial charge in [0.2, 0.25) is 0 Å². The molecule has 0 aromatic heterocycles. The molecular weight excluding hydrogens is 298 g/mol. The molecule has 0 radical (unpaired) electrons. The zero-order chi connectivity index (χ0) is 16.8. The Labute approximate surface area is 142 Å². The molecule has 2 aliphatic carbocycles. The highest BCUT2D eigenvalue weighted by atomic mass is 16.4. The standard InChI is InChI=1S/C21H23NO2/c1-13-9-18(7-8-20(13)21(23)24)22(2)19-11-16(14-3-4-14)10-17(12-19)15-5-6-15/h7-12,14-15H,3-6H2,1-2H3,(H,23,24). The van der Waals surface area contributed by atoms with Crippen molar-refractivity contribution in [3.05, 3.63) is 58.7 Å². The second kappa shape index (κ2) is 5.66. The van der Waals surface area contributed by atoms with E-state index in [0.29, 0.717) is 5.56 Å². The van der Waals surface area contributed by atoms with E-state index in [1.165, 1.54) is 42.5 Å². The van der Waals surface area contributed by atoms with E-state index >= 15 is 0 Å². The van der Waals surface area contributed by atoms with Gasteiger partial charge in [0.1, 0.15) is 0 Å². The van der Waals surface area contributed by atoms with Crippen molar-refractivity contribution in [1.82, 2.24) is 0 Å². The van der Waals surface area contributed by atoms with Crippen molar-refractivity contribution in [2.45, 2.75) is 44.4 Å². The Kier molecular flexibility index (Phi) is 3.60. The third-order valence-corrected chi connectivity index (χ3v) is 5.27. The normalized spacial score (nSPS) is 16.9. The predicted octanol–water partition coefficient (Wildman–Crippen LogP) is 5.22. The van der Waals surface area contributed by atoms with Crippen LogP contribution in [0.5, 0.6) is 0 Å². The van der Waals surface area contributed by atoms with E-state index < -0.39 is 5.97 Å². The van der Waals surface area contributed by atoms with E-state index in [-0.39, 0.29) is 0 Å². The van der Waals surface area contributed by atoms with Crippen molar-refractivity contribution in [2.24, 2.45) is 0 Å². The van der Waals surface area contributed by atoms with Crippen LogP contribution in [-0.4, -0.2) is 18.1 Å². The molecule has 2 aromatic rings. The molecule has 0 bridgehead atoms. The predicted molar refractivity (Wildman–Crippen MR) is 96.6 cm³/mol. The first-order chi connectivity index (χ1) is 11.5. The molecule has 3 nitrogen and oxygen atoms in total. The molecule has 2 saturated carbocycles. The Morgan fingerprint density at radius 1 is 0.958 bits per heavy atom. The molecule has 24 heavy (non-hydrogen) atoms. The second-order valence-corrected chi connectivity index (χ2v) is 7.27. The topological polar surface area (TPSA) is 40.5 Å². The lowest BCUT2D eigenvalue weighted by molar-refractivity contribution is 0.0696. The van der Waals surface area contributed by atoms with Gasteiger partial charge in [0.05, 0.1) is 5.56 Å². The minimum Gasteiger partial charge on any atom is -0.478 e. The van der Waals surface area contributed by atoms with Crippen LogP contribution in [0.2, 0.25) is 0 Å². The number of aryl methyl sites for hydroxylation is 1. The number of carboxylic acids is 1. The van der Waals surface area contributed by atoms with Crippen LogP contribution in [0, 0.1) is 6.92 Å². The quantitative estimate of drug-likeness (QED) is 0.821. The maximum Gasteiger partial charge on any atom is 0.335 e. The van der Waals surface area contributed by atoms with Crippen molar-refractivity contribution in [2.75, 3.05) is 11.9 Å². The fraction of sp³-hybridized carbons (Fsp3) is 0.381. The highest BCUT2D eigenvalue weighted by Gasteiger charge is 2.29. The number of carboxylic acid groups (broad SMARTS) is 1. The number of carbonyl (C=O) groups is 1. The average molecular weight is 321 g/mol. The number of anilines is 2. The van der Waals surface area contributed by atoms with Gasteiger partial charge in [-0.25, -0.2) is 4.79 Å². The molecule has 3 heteroatoms. The van der Waals surface area contributed by atoms with Crippen LogP contribution < -0.4 is 4.90 Å². The van der Waals surface area contributed by atoms with Crippen molar-refractivity contribution < 1.29 is 9.90 Å². The van der Waals surface area contributed by atoms with Crippen LogP contribution >= 0.6 is 0 Å². The summed E-state index contributed by atoms with van der Waals surface area (Å²) in [4.78, 5) is 13.4. The zero-order valence-electron chi connectivity index (χ0n) is 14.2. The smallest absolute Gasteiger partial charge is 0.335 e. The number of rotatable bonds is 5. The third-order valence-electron chi connectivity index (χ3n) is 5.27. The van der Waals surface area contributed by atoms with Gasteiger partial charge < -0.3 is 10.0 Å². The molecule has 0 heterocycles. The Morgan fingerprint density at radius 3 is 2.00 bits per heavy atom. The first-order valence-corrected chi connectivity index (χ1v) is 8.75. The third kappa shape index (κ3) is 2.91. The molecule has 0 spiro atoms. The lowest BCUT2D eigenvalue weighted by Gasteiger charge is -2.22. The lowest BCUT2D eigenvalue weighted by atomic mass is 10.0. The Morgan fingerprint density at radius 2 is 1.54 bits per heavy atom. The summed E-state index contributed by atoms with van der Waals surface area (Å²) in [5, 5.41) is 9.21. The van der Waals surface area contributed by atoms with Crippen LogP contribution in [-0.2, 0) is 0 Å². The van der Waals surface area contributed by atoms with Gasteiger partial charge in [0, 0.05) is 18.4 Å². The van der Waals surface area contributed by atoms with Gasteiger partial charge in [0.25, 0.3) is 0 Å². The molecule has 2 aromatic carbocycles. The molecule has 0 unspecified atom stereocenters. The maximum atomic E-state index is 11.2. The van der Waals surface area contributed by atoms with E-state index in [4.69, 9.17) is 0 Å². The molecule has 124 valence electrons. The van der Waals surface area contributed by atoms with Crippen LogP contribution in [0.4, 0.5) is 11.4 Å². The van der Waals surface area contributed by atoms with Gasteiger partial charge in [-0.15, -0.1) is 0 Å². The minimum absolute atomic E-state index is 0.373. The summed E-state index contributed by atoms with van der Waals surface area (Å²) in [6.45, 7) is 1.86. The SMILES string of the molecule is Cc1cc(N(C)c2cc(C3CC3)cc(C3CC3)c2)ccc1C(=O)O. The molecule has 2 aliphatic rings. The monoisotopic (exact) mass is 321 g/mol. The van der Waals surface area contributed by atoms with Gasteiger partial charge in [0.15, 0.2) is 0 Å². The highest BCUT2D eigenvalue weighted by molar-refractivity contribution is 5.90. The zero-order valence-corrected chi connectivity index (χ0v) is 14.2. The summed E-state index contributed by atoms with van der Waals surface area (Å²) in [7, 11) is 2.07. The number of hydrogen-bond donors (Lipinski definition) is 1. The second-order valence-electron chi connectivity index (χ2n) is 7.27. The number of nitrogens with zero attached hydrogens (tertiary/aromatic N) is 1. The van der Waals surface area contributed by atoms with Crippen LogP contribution in [0.3, 0.4) is 0 Å². The molecule has 0 aliphatic heterocycles. The molecule has 0 saturated heterocycles. The van der Waals surface area contributed by atoms with Crippen molar-refractivity contribution >= 4 is 17.3 Å². The Bertz CT molecular complexity index is 773. The minimum atomic E-state index is -0.867. The van der Waals surface area contributed by atoms with E-state index in [0.717, 1.165) is 23.1 Å². The molecule has 2 fully saturated rings. The van der Waals surface area contributed by atoms with Crippen molar-refractivity contribution in [1.29, 1.82) is 0 Å². The molecule has 0 amide bonds. The molecule has 1 N–H and O–H groups in total. The summed E-state index contributed by atoms with van der Waals surface area (Å²) >= 11 is 0. The summed E-state index contributed by atoms with van der Waals surface area (Å²) < 4.78 is 0. The first-order valence-electron chi connectivity index (χ1n) is 8.75. The largest absolute Gasteiger partial charge is 0.478 e. The van der Waals surface area contributed by atoms with E-state index in [1.54, 1.807) is 6.07 Å². The van der Waals surface area contributed by atoms with E-state index in [2.05, 4.69) is 30.1 Å². The fourth-order valence-electron chi connectivity index (χ4n) is 3.40. The summed E-state index contributed by atoms with van der Waals surface area (Å²) in [5.74, 6) is 0.618. The Hall–Kier alpha value is -2.29. The molecule has 0 atom stereocenters. The van der Waals surface area contributed by atoms with Gasteiger partial charge in [-0.05, 0) is 91.5 Å². The van der Waals surface area contributed by atoms with Crippen molar-refractivity contribution in [3.8, 4) is 0 Å². The highest BCUT2D eigenvalue weighted by Crippen LogP contribution is 2.46. The lowest BCUT2D eigenvalue weighted by Crippen LogP contribution is -2.11.